The summed E-state index contributed by atoms with van der Waals surface area (Å²) in [4.78, 5) is 32.6. The Hall–Kier alpha value is -3.35. The highest BCUT2D eigenvalue weighted by Gasteiger charge is 2.25. The van der Waals surface area contributed by atoms with Crippen molar-refractivity contribution >= 4 is 11.7 Å². The predicted octanol–water partition coefficient (Wildman–Crippen LogP) is 3.31. The van der Waals surface area contributed by atoms with Gasteiger partial charge in [0.15, 0.2) is 5.78 Å². The molecule has 7 heteroatoms. The van der Waals surface area contributed by atoms with Crippen LogP contribution in [-0.2, 0) is 12.8 Å². The minimum Gasteiger partial charge on any atom is -0.344 e. The number of carbonyl (C=O) groups is 2. The minimum atomic E-state index is -0.282. The first-order valence-corrected chi connectivity index (χ1v) is 9.28. The van der Waals surface area contributed by atoms with E-state index in [2.05, 4.69) is 26.5 Å². The lowest BCUT2D eigenvalue weighted by Crippen LogP contribution is -2.28. The fraction of sp³-hybridized carbons (Fsp3) is 0.286. The highest BCUT2D eigenvalue weighted by atomic mass is 16.5. The molecule has 28 heavy (non-hydrogen) atoms. The number of fused-ring (bicyclic) bond motifs is 1. The SMILES string of the molecule is CCc1nc(-c2ccc3c(c2)CCC3NC(=O)c2cc(C(C)=O)ccn2)no1. The van der Waals surface area contributed by atoms with E-state index in [1.54, 1.807) is 6.07 Å². The van der Waals surface area contributed by atoms with Crippen LogP contribution in [0.25, 0.3) is 11.4 Å². The van der Waals surface area contributed by atoms with Gasteiger partial charge in [-0.2, -0.15) is 4.98 Å². The van der Waals surface area contributed by atoms with Crippen molar-refractivity contribution in [2.75, 3.05) is 0 Å². The van der Waals surface area contributed by atoms with E-state index in [9.17, 15) is 9.59 Å². The molecule has 0 bridgehead atoms. The van der Waals surface area contributed by atoms with E-state index in [1.807, 2.05) is 19.1 Å². The van der Waals surface area contributed by atoms with E-state index in [1.165, 1.54) is 19.2 Å². The van der Waals surface area contributed by atoms with Crippen molar-refractivity contribution in [1.29, 1.82) is 0 Å². The zero-order valence-electron chi connectivity index (χ0n) is 15.7. The van der Waals surface area contributed by atoms with Crippen LogP contribution in [0.5, 0.6) is 0 Å². The van der Waals surface area contributed by atoms with Gasteiger partial charge in [-0.25, -0.2) is 0 Å². The van der Waals surface area contributed by atoms with Crippen molar-refractivity contribution in [3.8, 4) is 11.4 Å². The molecule has 1 N–H and O–H groups in total. The van der Waals surface area contributed by atoms with Crippen LogP contribution in [-0.4, -0.2) is 26.8 Å². The third kappa shape index (κ3) is 3.43. The molecule has 0 spiro atoms. The Morgan fingerprint density at radius 1 is 1.25 bits per heavy atom. The summed E-state index contributed by atoms with van der Waals surface area (Å²) in [6, 6.07) is 9.05. The Labute approximate surface area is 162 Å². The number of rotatable bonds is 5. The summed E-state index contributed by atoms with van der Waals surface area (Å²) >= 11 is 0. The summed E-state index contributed by atoms with van der Waals surface area (Å²) in [7, 11) is 0. The highest BCUT2D eigenvalue weighted by Crippen LogP contribution is 2.33. The molecule has 7 nitrogen and oxygen atoms in total. The lowest BCUT2D eigenvalue weighted by atomic mass is 10.0. The van der Waals surface area contributed by atoms with E-state index in [0.29, 0.717) is 23.7 Å². The van der Waals surface area contributed by atoms with Gasteiger partial charge in [-0.1, -0.05) is 24.2 Å². The van der Waals surface area contributed by atoms with Crippen molar-refractivity contribution in [3.63, 3.8) is 0 Å². The van der Waals surface area contributed by atoms with Gasteiger partial charge in [0.05, 0.1) is 6.04 Å². The van der Waals surface area contributed by atoms with Gasteiger partial charge in [0.1, 0.15) is 5.69 Å². The fourth-order valence-corrected chi connectivity index (χ4v) is 3.43. The largest absolute Gasteiger partial charge is 0.344 e. The molecule has 4 rings (SSSR count). The van der Waals surface area contributed by atoms with Gasteiger partial charge in [-0.3, -0.25) is 14.6 Å². The number of hydrogen-bond donors (Lipinski definition) is 1. The summed E-state index contributed by atoms with van der Waals surface area (Å²) in [5.41, 5.74) is 3.87. The minimum absolute atomic E-state index is 0.0872. The Morgan fingerprint density at radius 2 is 2.11 bits per heavy atom. The zero-order chi connectivity index (χ0) is 19.7. The Morgan fingerprint density at radius 3 is 2.86 bits per heavy atom. The second-order valence-electron chi connectivity index (χ2n) is 6.83. The van der Waals surface area contributed by atoms with Crippen molar-refractivity contribution in [2.45, 2.75) is 39.2 Å². The second kappa shape index (κ2) is 7.34. The normalized spacial score (nSPS) is 15.3. The van der Waals surface area contributed by atoms with Gasteiger partial charge in [-0.15, -0.1) is 0 Å². The lowest BCUT2D eigenvalue weighted by molar-refractivity contribution is 0.0931. The monoisotopic (exact) mass is 376 g/mol. The number of pyridine rings is 1. The molecule has 1 aromatic carbocycles. The summed E-state index contributed by atoms with van der Waals surface area (Å²) in [6.45, 7) is 3.43. The molecule has 0 saturated heterocycles. The standard InChI is InChI=1S/C21H20N4O3/c1-3-19-24-20(25-28-19)15-4-6-16-14(10-15)5-7-17(16)23-21(27)18-11-13(12(2)26)8-9-22-18/h4,6,8-11,17H,3,5,7H2,1-2H3,(H,23,27). The summed E-state index contributed by atoms with van der Waals surface area (Å²) in [6.07, 6.45) is 3.85. The second-order valence-corrected chi connectivity index (χ2v) is 6.83. The number of hydrogen-bond acceptors (Lipinski definition) is 6. The quantitative estimate of drug-likeness (QED) is 0.686. The van der Waals surface area contributed by atoms with Gasteiger partial charge >= 0.3 is 0 Å². The third-order valence-corrected chi connectivity index (χ3v) is 4.95. The van der Waals surface area contributed by atoms with Crippen LogP contribution in [0.2, 0.25) is 0 Å². The maximum absolute atomic E-state index is 12.6. The highest BCUT2D eigenvalue weighted by molar-refractivity contribution is 5.98. The van der Waals surface area contributed by atoms with Gasteiger partial charge in [0, 0.05) is 23.7 Å². The van der Waals surface area contributed by atoms with Crippen molar-refractivity contribution < 1.29 is 14.1 Å². The van der Waals surface area contributed by atoms with Gasteiger partial charge in [-0.05, 0) is 49.1 Å². The Bertz CT molecular complexity index is 1060. The summed E-state index contributed by atoms with van der Waals surface area (Å²) in [5.74, 6) is 0.817. The Kier molecular flexibility index (Phi) is 4.73. The molecule has 3 aromatic rings. The molecule has 0 aliphatic heterocycles. The van der Waals surface area contributed by atoms with Gasteiger partial charge in [0.25, 0.3) is 5.91 Å². The number of ketones is 1. The third-order valence-electron chi connectivity index (χ3n) is 4.95. The maximum Gasteiger partial charge on any atom is 0.270 e. The number of carbonyl (C=O) groups excluding carboxylic acids is 2. The molecule has 1 amide bonds. The van der Waals surface area contributed by atoms with E-state index in [4.69, 9.17) is 4.52 Å². The van der Waals surface area contributed by atoms with Gasteiger partial charge < -0.3 is 9.84 Å². The van der Waals surface area contributed by atoms with Crippen molar-refractivity contribution in [3.05, 3.63) is 64.8 Å². The first kappa shape index (κ1) is 18.0. The first-order chi connectivity index (χ1) is 13.5. The molecule has 2 heterocycles. The van der Waals surface area contributed by atoms with Crippen molar-refractivity contribution in [2.24, 2.45) is 0 Å². The van der Waals surface area contributed by atoms with Gasteiger partial charge in [0.2, 0.25) is 11.7 Å². The number of Topliss-reactive ketones (excluding diaryl/α,β-unsaturated/α-hetero) is 1. The van der Waals surface area contributed by atoms with E-state index in [-0.39, 0.29) is 23.4 Å². The Balaban J connectivity index is 1.52. The maximum atomic E-state index is 12.6. The van der Waals surface area contributed by atoms with Crippen LogP contribution < -0.4 is 5.32 Å². The number of nitrogens with zero attached hydrogens (tertiary/aromatic N) is 3. The molecule has 142 valence electrons. The molecule has 1 atom stereocenters. The number of amides is 1. The van der Waals surface area contributed by atoms with E-state index >= 15 is 0 Å². The topological polar surface area (TPSA) is 98.0 Å². The molecule has 0 radical (unpaired) electrons. The molecule has 0 fully saturated rings. The molecule has 0 saturated carbocycles. The van der Waals surface area contributed by atoms with Crippen LogP contribution in [0.1, 0.15) is 64.2 Å². The fourth-order valence-electron chi connectivity index (χ4n) is 3.43. The van der Waals surface area contributed by atoms with Crippen LogP contribution in [0.3, 0.4) is 0 Å². The molecule has 1 aliphatic rings. The number of aryl methyl sites for hydroxylation is 2. The van der Waals surface area contributed by atoms with E-state index < -0.39 is 0 Å². The van der Waals surface area contributed by atoms with Crippen LogP contribution in [0, 0.1) is 0 Å². The number of nitrogens with one attached hydrogen (secondary N) is 1. The average molecular weight is 376 g/mol. The molecular formula is C21H20N4O3. The summed E-state index contributed by atoms with van der Waals surface area (Å²) < 4.78 is 5.19. The first-order valence-electron chi connectivity index (χ1n) is 9.28. The predicted molar refractivity (Wildman–Crippen MR) is 102 cm³/mol. The lowest BCUT2D eigenvalue weighted by Gasteiger charge is -2.14. The summed E-state index contributed by atoms with van der Waals surface area (Å²) in [5, 5.41) is 7.05. The molecule has 1 aliphatic carbocycles. The van der Waals surface area contributed by atoms with Crippen LogP contribution >= 0.6 is 0 Å². The van der Waals surface area contributed by atoms with Crippen molar-refractivity contribution in [1.82, 2.24) is 20.4 Å². The smallest absolute Gasteiger partial charge is 0.270 e. The van der Waals surface area contributed by atoms with Crippen LogP contribution in [0.4, 0.5) is 0 Å². The zero-order valence-corrected chi connectivity index (χ0v) is 15.7. The average Bonchev–Trinajstić information content (AvgIpc) is 3.35. The van der Waals surface area contributed by atoms with E-state index in [0.717, 1.165) is 29.5 Å². The van der Waals surface area contributed by atoms with Crippen LogP contribution in [0.15, 0.2) is 41.1 Å². The molecule has 1 unspecified atom stereocenters. The molecule has 2 aromatic heterocycles. The number of aromatic nitrogens is 3. The molecular weight excluding hydrogens is 356 g/mol. The number of benzene rings is 1.